The highest BCUT2D eigenvalue weighted by Gasteiger charge is 2.05. The van der Waals surface area contributed by atoms with Crippen molar-refractivity contribution in [3.63, 3.8) is 0 Å². The summed E-state index contributed by atoms with van der Waals surface area (Å²) in [6, 6.07) is 10.6. The van der Waals surface area contributed by atoms with Gasteiger partial charge in [0.25, 0.3) is 0 Å². The van der Waals surface area contributed by atoms with Crippen LogP contribution in [0.1, 0.15) is 28.8 Å². The van der Waals surface area contributed by atoms with E-state index in [1.165, 1.54) is 21.9 Å². The number of hydrogen-bond donors (Lipinski definition) is 1. The highest BCUT2D eigenvalue weighted by atomic mass is 32.1. The lowest BCUT2D eigenvalue weighted by atomic mass is 10.2. The van der Waals surface area contributed by atoms with Gasteiger partial charge in [0.2, 0.25) is 0 Å². The standard InChI is InChI=1S/C17H25N3S/c1-3-10-18-13-16-7-8-17(21-16)14-20(2)12-9-15-6-4-5-11-19-15/h4-8,11,18H,3,9-10,12-14H2,1-2H3. The lowest BCUT2D eigenvalue weighted by molar-refractivity contribution is 0.333. The van der Waals surface area contributed by atoms with Crippen molar-refractivity contribution in [2.24, 2.45) is 0 Å². The fraction of sp³-hybridized carbons (Fsp3) is 0.471. The largest absolute Gasteiger partial charge is 0.312 e. The second kappa shape index (κ2) is 8.93. The number of aromatic nitrogens is 1. The van der Waals surface area contributed by atoms with E-state index in [-0.39, 0.29) is 0 Å². The van der Waals surface area contributed by atoms with Crippen LogP contribution in [0, 0.1) is 0 Å². The molecule has 0 saturated heterocycles. The van der Waals surface area contributed by atoms with Gasteiger partial charge >= 0.3 is 0 Å². The van der Waals surface area contributed by atoms with Crippen molar-refractivity contribution >= 4 is 11.3 Å². The van der Waals surface area contributed by atoms with Gasteiger partial charge in [0.15, 0.2) is 0 Å². The molecule has 0 unspecified atom stereocenters. The maximum atomic E-state index is 4.37. The number of pyridine rings is 1. The summed E-state index contributed by atoms with van der Waals surface area (Å²) in [5.41, 5.74) is 1.17. The molecule has 0 saturated carbocycles. The number of rotatable bonds is 9. The minimum atomic E-state index is 0.996. The van der Waals surface area contributed by atoms with Gasteiger partial charge in [0.1, 0.15) is 0 Å². The molecule has 2 aromatic heterocycles. The third kappa shape index (κ3) is 5.96. The highest BCUT2D eigenvalue weighted by Crippen LogP contribution is 2.18. The number of nitrogens with one attached hydrogen (secondary N) is 1. The van der Waals surface area contributed by atoms with E-state index in [1.807, 2.05) is 23.6 Å². The maximum absolute atomic E-state index is 4.37. The van der Waals surface area contributed by atoms with Gasteiger partial charge < -0.3 is 10.2 Å². The van der Waals surface area contributed by atoms with Gasteiger partial charge in [-0.25, -0.2) is 0 Å². The molecule has 3 nitrogen and oxygen atoms in total. The SMILES string of the molecule is CCCNCc1ccc(CN(C)CCc2ccccn2)s1. The van der Waals surface area contributed by atoms with E-state index in [9.17, 15) is 0 Å². The monoisotopic (exact) mass is 303 g/mol. The highest BCUT2D eigenvalue weighted by molar-refractivity contribution is 7.11. The number of thiophene rings is 1. The zero-order valence-corrected chi connectivity index (χ0v) is 13.8. The van der Waals surface area contributed by atoms with Gasteiger partial charge in [-0.2, -0.15) is 0 Å². The first kappa shape index (κ1) is 16.1. The normalized spacial score (nSPS) is 11.2. The van der Waals surface area contributed by atoms with Gasteiger partial charge in [0.05, 0.1) is 0 Å². The predicted octanol–water partition coefficient (Wildman–Crippen LogP) is 3.32. The van der Waals surface area contributed by atoms with Crippen molar-refractivity contribution < 1.29 is 0 Å². The fourth-order valence-corrected chi connectivity index (χ4v) is 3.26. The summed E-state index contributed by atoms with van der Waals surface area (Å²) in [7, 11) is 2.18. The molecule has 0 aliphatic carbocycles. The maximum Gasteiger partial charge on any atom is 0.0416 e. The summed E-state index contributed by atoms with van der Waals surface area (Å²) in [6.07, 6.45) is 4.06. The van der Waals surface area contributed by atoms with Crippen LogP contribution in [0.25, 0.3) is 0 Å². The van der Waals surface area contributed by atoms with Crippen molar-refractivity contribution in [3.8, 4) is 0 Å². The summed E-state index contributed by atoms with van der Waals surface area (Å²) in [5, 5.41) is 3.45. The molecule has 2 heterocycles. The van der Waals surface area contributed by atoms with E-state index in [2.05, 4.69) is 53.4 Å². The molecule has 0 amide bonds. The van der Waals surface area contributed by atoms with Crippen LogP contribution in [0.5, 0.6) is 0 Å². The molecule has 2 rings (SSSR count). The van der Waals surface area contributed by atoms with Gasteiger partial charge in [-0.05, 0) is 44.3 Å². The lowest BCUT2D eigenvalue weighted by Gasteiger charge is -2.15. The first-order chi connectivity index (χ1) is 10.3. The predicted molar refractivity (Wildman–Crippen MR) is 90.6 cm³/mol. The van der Waals surface area contributed by atoms with Gasteiger partial charge in [-0.15, -0.1) is 11.3 Å². The third-order valence-electron chi connectivity index (χ3n) is 3.34. The second-order valence-corrected chi connectivity index (χ2v) is 6.61. The minimum absolute atomic E-state index is 0.996. The average Bonchev–Trinajstić information content (AvgIpc) is 2.94. The molecule has 2 aromatic rings. The van der Waals surface area contributed by atoms with Crippen LogP contribution in [0.2, 0.25) is 0 Å². The fourth-order valence-electron chi connectivity index (χ4n) is 2.19. The first-order valence-corrected chi connectivity index (χ1v) is 8.46. The molecule has 0 fully saturated rings. The molecule has 0 spiro atoms. The first-order valence-electron chi connectivity index (χ1n) is 7.64. The van der Waals surface area contributed by atoms with Crippen LogP contribution < -0.4 is 5.32 Å². The molecule has 0 aliphatic rings. The summed E-state index contributed by atoms with van der Waals surface area (Å²) >= 11 is 1.91. The Kier molecular flexibility index (Phi) is 6.86. The summed E-state index contributed by atoms with van der Waals surface area (Å²) in [6.45, 7) is 6.35. The zero-order valence-electron chi connectivity index (χ0n) is 13.0. The molecule has 114 valence electrons. The van der Waals surface area contributed by atoms with Gasteiger partial charge in [-0.1, -0.05) is 13.0 Å². The van der Waals surface area contributed by atoms with Crippen LogP contribution in [0.15, 0.2) is 36.5 Å². The summed E-state index contributed by atoms with van der Waals surface area (Å²) in [5.74, 6) is 0. The van der Waals surface area contributed by atoms with Gasteiger partial charge in [0, 0.05) is 47.7 Å². The Morgan fingerprint density at radius 2 is 2.05 bits per heavy atom. The zero-order chi connectivity index (χ0) is 14.9. The Bertz CT molecular complexity index is 510. The molecule has 0 bridgehead atoms. The average molecular weight is 303 g/mol. The third-order valence-corrected chi connectivity index (χ3v) is 4.41. The molecular weight excluding hydrogens is 278 g/mol. The van der Waals surface area contributed by atoms with Crippen molar-refractivity contribution in [1.82, 2.24) is 15.2 Å². The van der Waals surface area contributed by atoms with Crippen molar-refractivity contribution in [2.45, 2.75) is 32.9 Å². The summed E-state index contributed by atoms with van der Waals surface area (Å²) in [4.78, 5) is 9.60. The second-order valence-electron chi connectivity index (χ2n) is 5.35. The van der Waals surface area contributed by atoms with E-state index in [1.54, 1.807) is 0 Å². The van der Waals surface area contributed by atoms with Crippen LogP contribution in [-0.4, -0.2) is 30.0 Å². The van der Waals surface area contributed by atoms with Crippen molar-refractivity contribution in [3.05, 3.63) is 52.0 Å². The van der Waals surface area contributed by atoms with Crippen molar-refractivity contribution in [2.75, 3.05) is 20.1 Å². The smallest absolute Gasteiger partial charge is 0.0416 e. The Labute approximate surface area is 132 Å². The van der Waals surface area contributed by atoms with E-state index >= 15 is 0 Å². The van der Waals surface area contributed by atoms with E-state index in [0.717, 1.165) is 32.6 Å². The molecule has 21 heavy (non-hydrogen) atoms. The molecule has 0 aromatic carbocycles. The molecule has 1 N–H and O–H groups in total. The van der Waals surface area contributed by atoms with E-state index in [0.29, 0.717) is 0 Å². The topological polar surface area (TPSA) is 28.2 Å². The van der Waals surface area contributed by atoms with E-state index in [4.69, 9.17) is 0 Å². The molecular formula is C17H25N3S. The summed E-state index contributed by atoms with van der Waals surface area (Å²) < 4.78 is 0. The molecule has 0 aliphatic heterocycles. The van der Waals surface area contributed by atoms with Crippen LogP contribution in [0.3, 0.4) is 0 Å². The van der Waals surface area contributed by atoms with Crippen LogP contribution in [0.4, 0.5) is 0 Å². The Balaban J connectivity index is 1.73. The Morgan fingerprint density at radius 3 is 2.81 bits per heavy atom. The number of hydrogen-bond acceptors (Lipinski definition) is 4. The number of nitrogens with zero attached hydrogens (tertiary/aromatic N) is 2. The Morgan fingerprint density at radius 1 is 1.19 bits per heavy atom. The Hall–Kier alpha value is -1.23. The number of likely N-dealkylation sites (N-methyl/N-ethyl adjacent to an activating group) is 1. The molecule has 4 heteroatoms. The van der Waals surface area contributed by atoms with Gasteiger partial charge in [-0.3, -0.25) is 4.98 Å². The van der Waals surface area contributed by atoms with E-state index < -0.39 is 0 Å². The van der Waals surface area contributed by atoms with Crippen molar-refractivity contribution in [1.29, 1.82) is 0 Å². The minimum Gasteiger partial charge on any atom is -0.312 e. The van der Waals surface area contributed by atoms with Crippen LogP contribution in [-0.2, 0) is 19.5 Å². The molecule has 0 atom stereocenters. The van der Waals surface area contributed by atoms with Crippen LogP contribution >= 0.6 is 11.3 Å². The quantitative estimate of drug-likeness (QED) is 0.720. The lowest BCUT2D eigenvalue weighted by Crippen LogP contribution is -2.20. The molecule has 0 radical (unpaired) electrons.